The monoisotopic (exact) mass is 296 g/mol. The summed E-state index contributed by atoms with van der Waals surface area (Å²) in [5.74, 6) is 0.200. The molecule has 1 aliphatic rings. The highest BCUT2D eigenvalue weighted by molar-refractivity contribution is 7.91. The third-order valence-corrected chi connectivity index (χ3v) is 5.83. The summed E-state index contributed by atoms with van der Waals surface area (Å²) in [5, 5.41) is 0. The molecular formula is C15H24N2O2S. The molecular weight excluding hydrogens is 272 g/mol. The Morgan fingerprint density at radius 3 is 2.55 bits per heavy atom. The maximum absolute atomic E-state index is 12.4. The molecule has 2 rings (SSSR count). The summed E-state index contributed by atoms with van der Waals surface area (Å²) in [5.41, 5.74) is 6.54. The number of nitrogens with zero attached hydrogens (tertiary/aromatic N) is 1. The van der Waals surface area contributed by atoms with Crippen molar-refractivity contribution in [3.8, 4) is 0 Å². The molecule has 0 radical (unpaired) electrons. The molecule has 1 aromatic rings. The molecule has 112 valence electrons. The van der Waals surface area contributed by atoms with E-state index in [4.69, 9.17) is 5.73 Å². The van der Waals surface area contributed by atoms with Crippen LogP contribution in [0.25, 0.3) is 0 Å². The van der Waals surface area contributed by atoms with Gasteiger partial charge in [0.25, 0.3) is 0 Å². The fraction of sp³-hybridized carbons (Fsp3) is 0.600. The molecule has 0 spiro atoms. The van der Waals surface area contributed by atoms with Crippen molar-refractivity contribution in [2.45, 2.75) is 43.5 Å². The maximum Gasteiger partial charge on any atom is 0.180 e. The number of anilines is 1. The number of hydrogen-bond donors (Lipinski definition) is 1. The van der Waals surface area contributed by atoms with Gasteiger partial charge in [-0.25, -0.2) is 8.42 Å². The maximum atomic E-state index is 12.4. The number of hydrogen-bond acceptors (Lipinski definition) is 4. The summed E-state index contributed by atoms with van der Waals surface area (Å²) in [4.78, 5) is 2.65. The lowest BCUT2D eigenvalue weighted by molar-refractivity contribution is 0.386. The molecule has 0 aliphatic heterocycles. The molecule has 4 nitrogen and oxygen atoms in total. The van der Waals surface area contributed by atoms with Gasteiger partial charge in [0.15, 0.2) is 9.84 Å². The summed E-state index contributed by atoms with van der Waals surface area (Å²) in [6.45, 7) is 3.14. The normalized spacial score (nSPS) is 15.9. The Morgan fingerprint density at radius 1 is 1.30 bits per heavy atom. The van der Waals surface area contributed by atoms with Crippen LogP contribution in [0.2, 0.25) is 0 Å². The van der Waals surface area contributed by atoms with Crippen molar-refractivity contribution in [2.24, 2.45) is 5.73 Å². The van der Waals surface area contributed by atoms with Crippen molar-refractivity contribution in [1.29, 1.82) is 0 Å². The van der Waals surface area contributed by atoms with E-state index in [1.807, 2.05) is 19.1 Å². The predicted octanol–water partition coefficient (Wildman–Crippen LogP) is 2.19. The van der Waals surface area contributed by atoms with E-state index in [2.05, 4.69) is 4.90 Å². The zero-order chi connectivity index (χ0) is 14.6. The Bertz CT molecular complexity index is 539. The van der Waals surface area contributed by atoms with E-state index in [1.165, 1.54) is 6.42 Å². The second-order valence-corrected chi connectivity index (χ2v) is 7.43. The molecule has 5 heteroatoms. The Hall–Kier alpha value is -1.07. The van der Waals surface area contributed by atoms with Crippen molar-refractivity contribution in [3.05, 3.63) is 24.3 Å². The van der Waals surface area contributed by atoms with Gasteiger partial charge >= 0.3 is 0 Å². The molecule has 1 saturated carbocycles. The molecule has 0 bridgehead atoms. The molecule has 1 aromatic carbocycles. The van der Waals surface area contributed by atoms with Crippen LogP contribution in [0.3, 0.4) is 0 Å². The van der Waals surface area contributed by atoms with Gasteiger partial charge in [0.2, 0.25) is 0 Å². The largest absolute Gasteiger partial charge is 0.366 e. The van der Waals surface area contributed by atoms with Gasteiger partial charge < -0.3 is 10.6 Å². The Labute approximate surface area is 121 Å². The van der Waals surface area contributed by atoms with Crippen LogP contribution < -0.4 is 10.6 Å². The van der Waals surface area contributed by atoms with Crippen LogP contribution in [0.5, 0.6) is 0 Å². The van der Waals surface area contributed by atoms with E-state index in [0.717, 1.165) is 18.5 Å². The van der Waals surface area contributed by atoms with Crippen LogP contribution >= 0.6 is 0 Å². The fourth-order valence-corrected chi connectivity index (χ4v) is 4.22. The van der Waals surface area contributed by atoms with Crippen LogP contribution in [0.1, 0.15) is 32.6 Å². The summed E-state index contributed by atoms with van der Waals surface area (Å²) >= 11 is 0. The highest BCUT2D eigenvalue weighted by Gasteiger charge is 2.28. The summed E-state index contributed by atoms with van der Waals surface area (Å²) in [7, 11) is -3.20. The van der Waals surface area contributed by atoms with Gasteiger partial charge in [-0.2, -0.15) is 0 Å². The third-order valence-electron chi connectivity index (χ3n) is 3.87. The van der Waals surface area contributed by atoms with Gasteiger partial charge in [-0.3, -0.25) is 0 Å². The number of nitrogens with two attached hydrogens (primary N) is 1. The van der Waals surface area contributed by atoms with Gasteiger partial charge in [-0.15, -0.1) is 0 Å². The number of sulfone groups is 1. The van der Waals surface area contributed by atoms with Crippen LogP contribution in [0.15, 0.2) is 29.2 Å². The molecule has 20 heavy (non-hydrogen) atoms. The van der Waals surface area contributed by atoms with E-state index >= 15 is 0 Å². The van der Waals surface area contributed by atoms with E-state index in [1.54, 1.807) is 12.1 Å². The first-order valence-corrected chi connectivity index (χ1v) is 9.04. The highest BCUT2D eigenvalue weighted by atomic mass is 32.2. The standard InChI is InChI=1S/C15H24N2O2S/c1-2-12-20(18,19)15-9-4-3-8-14(15)17(11-10-16)13-6-5-7-13/h3-4,8-9,13H,2,5-7,10-12,16H2,1H3. The average molecular weight is 296 g/mol. The van der Waals surface area contributed by atoms with Crippen LogP contribution in [0.4, 0.5) is 5.69 Å². The molecule has 0 amide bonds. The zero-order valence-corrected chi connectivity index (χ0v) is 12.9. The van der Waals surface area contributed by atoms with Gasteiger partial charge in [0.1, 0.15) is 0 Å². The average Bonchev–Trinajstić information content (AvgIpc) is 2.36. The molecule has 2 N–H and O–H groups in total. The van der Waals surface area contributed by atoms with Crippen LogP contribution in [-0.2, 0) is 9.84 Å². The molecule has 0 aromatic heterocycles. The minimum absolute atomic E-state index is 0.200. The van der Waals surface area contributed by atoms with Crippen molar-refractivity contribution in [1.82, 2.24) is 0 Å². The van der Waals surface area contributed by atoms with Crippen LogP contribution in [-0.4, -0.2) is 33.3 Å². The van der Waals surface area contributed by atoms with Gasteiger partial charge in [-0.1, -0.05) is 19.1 Å². The molecule has 0 atom stereocenters. The quantitative estimate of drug-likeness (QED) is 0.837. The minimum Gasteiger partial charge on any atom is -0.366 e. The van der Waals surface area contributed by atoms with Gasteiger partial charge in [0.05, 0.1) is 16.3 Å². The summed E-state index contributed by atoms with van der Waals surface area (Å²) < 4.78 is 24.9. The third kappa shape index (κ3) is 3.15. The second-order valence-electron chi connectivity index (χ2n) is 5.35. The lowest BCUT2D eigenvalue weighted by Gasteiger charge is -2.40. The smallest absolute Gasteiger partial charge is 0.180 e. The first kappa shape index (κ1) is 15.3. The van der Waals surface area contributed by atoms with Crippen molar-refractivity contribution >= 4 is 15.5 Å². The molecule has 1 aliphatic carbocycles. The Kier molecular flexibility index (Phi) is 5.05. The Morgan fingerprint density at radius 2 is 2.00 bits per heavy atom. The molecule has 0 unspecified atom stereocenters. The lowest BCUT2D eigenvalue weighted by atomic mass is 9.91. The molecule has 0 saturated heterocycles. The first-order valence-electron chi connectivity index (χ1n) is 7.38. The number of para-hydroxylation sites is 1. The zero-order valence-electron chi connectivity index (χ0n) is 12.1. The number of rotatable bonds is 7. The first-order chi connectivity index (χ1) is 9.60. The van der Waals surface area contributed by atoms with E-state index in [0.29, 0.717) is 30.4 Å². The topological polar surface area (TPSA) is 63.4 Å². The second kappa shape index (κ2) is 6.59. The minimum atomic E-state index is -3.20. The van der Waals surface area contributed by atoms with Crippen molar-refractivity contribution in [2.75, 3.05) is 23.7 Å². The van der Waals surface area contributed by atoms with E-state index in [-0.39, 0.29) is 5.75 Å². The fourth-order valence-electron chi connectivity index (χ4n) is 2.67. The van der Waals surface area contributed by atoms with E-state index < -0.39 is 9.84 Å². The van der Waals surface area contributed by atoms with Crippen molar-refractivity contribution in [3.63, 3.8) is 0 Å². The summed E-state index contributed by atoms with van der Waals surface area (Å²) in [6.07, 6.45) is 4.11. The highest BCUT2D eigenvalue weighted by Crippen LogP contribution is 2.33. The Balaban J connectivity index is 2.39. The predicted molar refractivity (Wildman–Crippen MR) is 82.8 cm³/mol. The SMILES string of the molecule is CCCS(=O)(=O)c1ccccc1N(CCN)C1CCC1. The van der Waals surface area contributed by atoms with Crippen molar-refractivity contribution < 1.29 is 8.42 Å². The van der Waals surface area contributed by atoms with Gasteiger partial charge in [0, 0.05) is 19.1 Å². The molecule has 1 fully saturated rings. The number of benzene rings is 1. The van der Waals surface area contributed by atoms with E-state index in [9.17, 15) is 8.42 Å². The van der Waals surface area contributed by atoms with Gasteiger partial charge in [-0.05, 0) is 37.8 Å². The van der Waals surface area contributed by atoms with Crippen LogP contribution in [0, 0.1) is 0 Å². The molecule has 0 heterocycles. The lowest BCUT2D eigenvalue weighted by Crippen LogP contribution is -2.43. The summed E-state index contributed by atoms with van der Waals surface area (Å²) in [6, 6.07) is 7.78.